The lowest BCUT2D eigenvalue weighted by molar-refractivity contribution is 0.897. The Morgan fingerprint density at radius 2 is 2.25 bits per heavy atom. The number of allylic oxidation sites excluding steroid dienone is 1. The van der Waals surface area contributed by atoms with Crippen molar-refractivity contribution in [3.8, 4) is 0 Å². The normalized spacial score (nSPS) is 11.3. The Labute approximate surface area is 79.6 Å². The minimum Gasteiger partial charge on any atom is -0.316 e. The van der Waals surface area contributed by atoms with Gasteiger partial charge in [0.2, 0.25) is 0 Å². The maximum absolute atomic E-state index is 3.92. The highest BCUT2D eigenvalue weighted by Gasteiger charge is 1.91. The van der Waals surface area contributed by atoms with Gasteiger partial charge in [0.25, 0.3) is 0 Å². The molecule has 0 rings (SSSR count). The van der Waals surface area contributed by atoms with Gasteiger partial charge in [-0.25, -0.2) is 0 Å². The monoisotopic (exact) mass is 183 g/mol. The first-order valence-electron chi connectivity index (χ1n) is 3.89. The van der Waals surface area contributed by atoms with Gasteiger partial charge in [-0.15, -0.1) is 0 Å². The van der Waals surface area contributed by atoms with E-state index in [-0.39, 0.29) is 0 Å². The first kappa shape index (κ1) is 11.5. The zero-order chi connectivity index (χ0) is 9.40. The molecular formula is C10H17NS. The Balaban J connectivity index is 4.07. The van der Waals surface area contributed by atoms with Gasteiger partial charge in [0.1, 0.15) is 0 Å². The average molecular weight is 183 g/mol. The summed E-state index contributed by atoms with van der Waals surface area (Å²) in [6.45, 7) is 8.51. The molecule has 12 heavy (non-hydrogen) atoms. The van der Waals surface area contributed by atoms with E-state index in [0.29, 0.717) is 0 Å². The van der Waals surface area contributed by atoms with Gasteiger partial charge in [0.05, 0.1) is 0 Å². The molecule has 1 nitrogen and oxygen atoms in total. The fourth-order valence-electron chi connectivity index (χ4n) is 0.866. The quantitative estimate of drug-likeness (QED) is 0.634. The summed E-state index contributed by atoms with van der Waals surface area (Å²) >= 11 is 1.79. The molecule has 0 unspecified atom stereocenters. The predicted octanol–water partition coefficient (Wildman–Crippen LogP) is 2.24. The summed E-state index contributed by atoms with van der Waals surface area (Å²) in [7, 11) is 1.92. The van der Waals surface area contributed by atoms with E-state index in [1.807, 2.05) is 13.1 Å². The van der Waals surface area contributed by atoms with E-state index >= 15 is 0 Å². The van der Waals surface area contributed by atoms with Gasteiger partial charge < -0.3 is 5.32 Å². The topological polar surface area (TPSA) is 12.0 Å². The first-order chi connectivity index (χ1) is 5.74. The van der Waals surface area contributed by atoms with Crippen molar-refractivity contribution < 1.29 is 0 Å². The van der Waals surface area contributed by atoms with Crippen molar-refractivity contribution in [3.63, 3.8) is 0 Å². The Hall–Kier alpha value is -0.470. The minimum absolute atomic E-state index is 0.839. The van der Waals surface area contributed by atoms with E-state index < -0.39 is 0 Å². The number of thioether (sulfide) groups is 1. The van der Waals surface area contributed by atoms with Crippen LogP contribution < -0.4 is 5.32 Å². The molecule has 0 aliphatic carbocycles. The van der Waals surface area contributed by atoms with Crippen molar-refractivity contribution >= 4 is 11.8 Å². The Morgan fingerprint density at radius 3 is 2.67 bits per heavy atom. The van der Waals surface area contributed by atoms with Gasteiger partial charge in [0, 0.05) is 12.3 Å². The van der Waals surface area contributed by atoms with Gasteiger partial charge >= 0.3 is 0 Å². The van der Waals surface area contributed by atoms with Crippen LogP contribution in [0.1, 0.15) is 0 Å². The zero-order valence-corrected chi connectivity index (χ0v) is 8.71. The smallest absolute Gasteiger partial charge is 0.0196 e. The standard InChI is InChI=1S/C10H17NS/c1-5-10(8-12-4)6-9(2)7-11-3/h5-6,11H,1-2,7-8H2,3-4H3/b10-6+. The molecule has 0 bridgehead atoms. The third-order valence-electron chi connectivity index (χ3n) is 1.37. The van der Waals surface area contributed by atoms with Crippen LogP contribution in [0.4, 0.5) is 0 Å². The summed E-state index contributed by atoms with van der Waals surface area (Å²) in [5.41, 5.74) is 2.34. The zero-order valence-electron chi connectivity index (χ0n) is 7.89. The highest BCUT2D eigenvalue weighted by molar-refractivity contribution is 7.98. The van der Waals surface area contributed by atoms with Crippen LogP contribution in [-0.2, 0) is 0 Å². The molecule has 0 saturated heterocycles. The summed E-state index contributed by atoms with van der Waals surface area (Å²) < 4.78 is 0. The largest absolute Gasteiger partial charge is 0.316 e. The van der Waals surface area contributed by atoms with Crippen LogP contribution >= 0.6 is 11.8 Å². The van der Waals surface area contributed by atoms with Crippen molar-refractivity contribution in [1.29, 1.82) is 0 Å². The number of rotatable bonds is 6. The van der Waals surface area contributed by atoms with Crippen LogP contribution in [0, 0.1) is 0 Å². The molecule has 0 heterocycles. The molecule has 0 amide bonds. The summed E-state index contributed by atoms with van der Waals surface area (Å²) in [4.78, 5) is 0. The van der Waals surface area contributed by atoms with Crippen LogP contribution in [0.2, 0.25) is 0 Å². The lowest BCUT2D eigenvalue weighted by Crippen LogP contribution is -2.08. The summed E-state index contributed by atoms with van der Waals surface area (Å²) in [6.07, 6.45) is 6.05. The third kappa shape index (κ3) is 5.22. The van der Waals surface area contributed by atoms with Gasteiger partial charge in [-0.3, -0.25) is 0 Å². The molecule has 0 fully saturated rings. The van der Waals surface area contributed by atoms with E-state index in [1.54, 1.807) is 11.8 Å². The van der Waals surface area contributed by atoms with Crippen molar-refractivity contribution in [3.05, 3.63) is 36.5 Å². The van der Waals surface area contributed by atoms with Crippen LogP contribution in [0.3, 0.4) is 0 Å². The van der Waals surface area contributed by atoms with E-state index in [2.05, 4.69) is 30.8 Å². The third-order valence-corrected chi connectivity index (χ3v) is 1.99. The molecule has 0 aromatic carbocycles. The van der Waals surface area contributed by atoms with Gasteiger partial charge in [-0.05, 0) is 24.4 Å². The molecule has 0 saturated carbocycles. The highest BCUT2D eigenvalue weighted by atomic mass is 32.2. The highest BCUT2D eigenvalue weighted by Crippen LogP contribution is 2.07. The predicted molar refractivity (Wildman–Crippen MR) is 59.7 cm³/mol. The number of likely N-dealkylation sites (N-methyl/N-ethyl adjacent to an activating group) is 1. The first-order valence-corrected chi connectivity index (χ1v) is 5.28. The van der Waals surface area contributed by atoms with Crippen molar-refractivity contribution in [2.24, 2.45) is 0 Å². The number of hydrogen-bond acceptors (Lipinski definition) is 2. The molecule has 0 aromatic heterocycles. The maximum Gasteiger partial charge on any atom is 0.0196 e. The summed E-state index contributed by atoms with van der Waals surface area (Å²) in [6, 6.07) is 0. The minimum atomic E-state index is 0.839. The van der Waals surface area contributed by atoms with Crippen molar-refractivity contribution in [1.82, 2.24) is 5.32 Å². The average Bonchev–Trinajstić information content (AvgIpc) is 2.04. The van der Waals surface area contributed by atoms with Gasteiger partial charge in [-0.2, -0.15) is 11.8 Å². The van der Waals surface area contributed by atoms with Gasteiger partial charge in [0.15, 0.2) is 0 Å². The second kappa shape index (κ2) is 7.19. The molecule has 68 valence electrons. The molecular weight excluding hydrogens is 166 g/mol. The molecule has 1 N–H and O–H groups in total. The van der Waals surface area contributed by atoms with Crippen LogP contribution in [0.5, 0.6) is 0 Å². The molecule has 2 heteroatoms. The lowest BCUT2D eigenvalue weighted by Gasteiger charge is -2.01. The summed E-state index contributed by atoms with van der Waals surface area (Å²) in [5, 5.41) is 3.05. The van der Waals surface area contributed by atoms with E-state index in [1.165, 1.54) is 5.57 Å². The second-order valence-electron chi connectivity index (χ2n) is 2.54. The van der Waals surface area contributed by atoms with Crippen LogP contribution in [-0.4, -0.2) is 25.6 Å². The van der Waals surface area contributed by atoms with E-state index in [4.69, 9.17) is 0 Å². The fourth-order valence-corrected chi connectivity index (χ4v) is 1.40. The van der Waals surface area contributed by atoms with E-state index in [9.17, 15) is 0 Å². The molecule has 0 aliphatic rings. The maximum atomic E-state index is 3.92. The van der Waals surface area contributed by atoms with Crippen LogP contribution in [0.25, 0.3) is 0 Å². The SMILES string of the molecule is C=C/C(=C\C(=C)CNC)CSC. The summed E-state index contributed by atoms with van der Waals surface area (Å²) in [5.74, 6) is 1.01. The van der Waals surface area contributed by atoms with Crippen molar-refractivity contribution in [2.45, 2.75) is 0 Å². The van der Waals surface area contributed by atoms with Crippen molar-refractivity contribution in [2.75, 3.05) is 25.6 Å². The second-order valence-corrected chi connectivity index (χ2v) is 3.41. The molecule has 0 radical (unpaired) electrons. The lowest BCUT2D eigenvalue weighted by atomic mass is 10.2. The number of hydrogen-bond donors (Lipinski definition) is 1. The Morgan fingerprint density at radius 1 is 1.58 bits per heavy atom. The van der Waals surface area contributed by atoms with Gasteiger partial charge in [-0.1, -0.05) is 25.3 Å². The Bertz CT molecular complexity index is 182. The number of nitrogens with one attached hydrogen (secondary N) is 1. The molecule has 0 aromatic rings. The van der Waals surface area contributed by atoms with E-state index in [0.717, 1.165) is 17.9 Å². The van der Waals surface area contributed by atoms with Crippen LogP contribution in [0.15, 0.2) is 36.5 Å². The molecule has 0 aliphatic heterocycles. The Kier molecular flexibility index (Phi) is 6.91. The fraction of sp³-hybridized carbons (Fsp3) is 0.400. The molecule has 0 atom stereocenters. The molecule has 0 spiro atoms.